The number of aromatic amines is 2. The fourth-order valence-electron chi connectivity index (χ4n) is 1.73. The van der Waals surface area contributed by atoms with Crippen molar-refractivity contribution in [1.82, 2.24) is 15.3 Å². The Bertz CT molecular complexity index is 636. The number of hydrogen-bond donors (Lipinski definition) is 4. The number of thioether (sulfide) groups is 1. The van der Waals surface area contributed by atoms with Gasteiger partial charge >= 0.3 is 5.69 Å². The summed E-state index contributed by atoms with van der Waals surface area (Å²) >= 11 is 1.66. The Morgan fingerprint density at radius 2 is 2.14 bits per heavy atom. The summed E-state index contributed by atoms with van der Waals surface area (Å²) in [6.07, 6.45) is 3.58. The molecule has 0 spiro atoms. The zero-order valence-electron chi connectivity index (χ0n) is 12.6. The summed E-state index contributed by atoms with van der Waals surface area (Å²) in [5, 5.41) is 11.9. The molecule has 0 fully saturated rings. The molecule has 0 aromatic carbocycles. The van der Waals surface area contributed by atoms with E-state index >= 15 is 0 Å². The Morgan fingerprint density at radius 3 is 2.73 bits per heavy atom. The van der Waals surface area contributed by atoms with Crippen LogP contribution in [0.4, 0.5) is 0 Å². The number of H-pyrrole nitrogens is 2. The summed E-state index contributed by atoms with van der Waals surface area (Å²) in [4.78, 5) is 39.0. The minimum absolute atomic E-state index is 0.144. The van der Waals surface area contributed by atoms with E-state index in [-0.39, 0.29) is 18.2 Å². The molecule has 8 heteroatoms. The van der Waals surface area contributed by atoms with Gasteiger partial charge in [0.05, 0.1) is 18.2 Å². The van der Waals surface area contributed by atoms with Crippen LogP contribution in [0, 0.1) is 6.92 Å². The highest BCUT2D eigenvalue weighted by atomic mass is 32.2. The molecular formula is C14H21N3O4S. The monoisotopic (exact) mass is 327 g/mol. The predicted molar refractivity (Wildman–Crippen MR) is 88.1 cm³/mol. The van der Waals surface area contributed by atoms with Crippen LogP contribution in [0.15, 0.2) is 15.7 Å². The maximum atomic E-state index is 11.8. The summed E-state index contributed by atoms with van der Waals surface area (Å²) < 4.78 is 0. The first-order valence-corrected chi connectivity index (χ1v) is 8.13. The molecular weight excluding hydrogens is 306 g/mol. The van der Waals surface area contributed by atoms with Crippen LogP contribution < -0.4 is 16.6 Å². The number of hydrogen-bond acceptors (Lipinski definition) is 5. The van der Waals surface area contributed by atoms with Crippen LogP contribution in [0.5, 0.6) is 0 Å². The van der Waals surface area contributed by atoms with Gasteiger partial charge in [-0.15, -0.1) is 0 Å². The highest BCUT2D eigenvalue weighted by molar-refractivity contribution is 7.99. The lowest BCUT2D eigenvalue weighted by atomic mass is 10.2. The lowest BCUT2D eigenvalue weighted by Crippen LogP contribution is -2.38. The molecule has 7 nitrogen and oxygen atoms in total. The van der Waals surface area contributed by atoms with Gasteiger partial charge in [0.2, 0.25) is 5.91 Å². The predicted octanol–water partition coefficient (Wildman–Crippen LogP) is 0.00512. The van der Waals surface area contributed by atoms with Crippen molar-refractivity contribution in [2.75, 3.05) is 18.1 Å². The number of aliphatic hydroxyl groups is 1. The Hall–Kier alpha value is -1.80. The van der Waals surface area contributed by atoms with E-state index in [1.54, 1.807) is 18.7 Å². The summed E-state index contributed by atoms with van der Waals surface area (Å²) in [6, 6.07) is -0.330. The molecule has 4 N–H and O–H groups in total. The Kier molecular flexibility index (Phi) is 7.69. The van der Waals surface area contributed by atoms with Crippen LogP contribution in [0.1, 0.15) is 24.6 Å². The average molecular weight is 327 g/mol. The third kappa shape index (κ3) is 5.90. The average Bonchev–Trinajstić information content (AvgIpc) is 2.45. The van der Waals surface area contributed by atoms with Gasteiger partial charge in [-0.05, 0) is 25.2 Å². The van der Waals surface area contributed by atoms with Crippen molar-refractivity contribution in [1.29, 1.82) is 0 Å². The molecule has 122 valence electrons. The normalized spacial score (nSPS) is 12.5. The zero-order valence-corrected chi connectivity index (χ0v) is 13.5. The second-order valence-corrected chi connectivity index (χ2v) is 5.89. The number of aryl methyl sites for hydroxylation is 1. The van der Waals surface area contributed by atoms with E-state index in [1.807, 2.05) is 0 Å². The van der Waals surface area contributed by atoms with E-state index in [9.17, 15) is 19.5 Å². The van der Waals surface area contributed by atoms with Gasteiger partial charge in [0.15, 0.2) is 0 Å². The molecule has 0 saturated carbocycles. The van der Waals surface area contributed by atoms with E-state index in [4.69, 9.17) is 0 Å². The molecule has 0 bridgehead atoms. The van der Waals surface area contributed by atoms with Crippen molar-refractivity contribution in [2.45, 2.75) is 26.3 Å². The zero-order chi connectivity index (χ0) is 16.5. The number of amides is 1. The number of rotatable bonds is 8. The maximum Gasteiger partial charge on any atom is 0.325 e. The minimum Gasteiger partial charge on any atom is -0.394 e. The van der Waals surface area contributed by atoms with Crippen LogP contribution in [-0.4, -0.2) is 45.1 Å². The van der Waals surface area contributed by atoms with Gasteiger partial charge in [-0.2, -0.15) is 11.8 Å². The first-order valence-electron chi connectivity index (χ1n) is 6.98. The maximum absolute atomic E-state index is 11.8. The van der Waals surface area contributed by atoms with Crippen molar-refractivity contribution in [2.24, 2.45) is 0 Å². The van der Waals surface area contributed by atoms with Crippen molar-refractivity contribution >= 4 is 23.7 Å². The third-order valence-electron chi connectivity index (χ3n) is 2.81. The van der Waals surface area contributed by atoms with Crippen LogP contribution in [0.2, 0.25) is 0 Å². The van der Waals surface area contributed by atoms with E-state index in [0.717, 1.165) is 12.2 Å². The molecule has 0 radical (unpaired) electrons. The van der Waals surface area contributed by atoms with Gasteiger partial charge in [-0.1, -0.05) is 6.92 Å². The highest BCUT2D eigenvalue weighted by Gasteiger charge is 2.10. The molecule has 0 aliphatic rings. The molecule has 1 unspecified atom stereocenters. The molecule has 1 heterocycles. The Balaban J connectivity index is 2.68. The largest absolute Gasteiger partial charge is 0.394 e. The molecule has 1 amide bonds. The lowest BCUT2D eigenvalue weighted by Gasteiger charge is -2.14. The van der Waals surface area contributed by atoms with E-state index in [2.05, 4.69) is 22.2 Å². The Morgan fingerprint density at radius 1 is 1.41 bits per heavy atom. The first-order chi connectivity index (χ1) is 10.5. The highest BCUT2D eigenvalue weighted by Crippen LogP contribution is 2.04. The van der Waals surface area contributed by atoms with Gasteiger partial charge in [-0.25, -0.2) is 4.79 Å². The molecule has 22 heavy (non-hydrogen) atoms. The van der Waals surface area contributed by atoms with Crippen molar-refractivity contribution < 1.29 is 9.90 Å². The van der Waals surface area contributed by atoms with Gasteiger partial charge in [-0.3, -0.25) is 14.6 Å². The van der Waals surface area contributed by atoms with Crippen LogP contribution in [0.25, 0.3) is 6.08 Å². The fraction of sp³-hybridized carbons (Fsp3) is 0.500. The molecule has 0 aliphatic carbocycles. The number of carbonyl (C=O) groups is 1. The molecule has 0 aliphatic heterocycles. The second-order valence-electron chi connectivity index (χ2n) is 4.74. The van der Waals surface area contributed by atoms with Gasteiger partial charge < -0.3 is 15.4 Å². The summed E-state index contributed by atoms with van der Waals surface area (Å²) in [6.45, 7) is 3.49. The van der Waals surface area contributed by atoms with Gasteiger partial charge in [0.25, 0.3) is 5.56 Å². The fourth-order valence-corrected chi connectivity index (χ4v) is 2.66. The van der Waals surface area contributed by atoms with Crippen LogP contribution in [-0.2, 0) is 4.79 Å². The number of aromatic nitrogens is 2. The minimum atomic E-state index is -0.586. The summed E-state index contributed by atoms with van der Waals surface area (Å²) in [5.74, 6) is 1.19. The van der Waals surface area contributed by atoms with E-state index < -0.39 is 17.2 Å². The first kappa shape index (κ1) is 18.2. The topological polar surface area (TPSA) is 115 Å². The van der Waals surface area contributed by atoms with Gasteiger partial charge in [0.1, 0.15) is 0 Å². The summed E-state index contributed by atoms with van der Waals surface area (Å²) in [5.41, 5.74) is -0.537. The third-order valence-corrected chi connectivity index (χ3v) is 4.15. The Labute approximate surface area is 132 Å². The second kappa shape index (κ2) is 9.26. The van der Waals surface area contributed by atoms with Crippen molar-refractivity contribution in [3.63, 3.8) is 0 Å². The van der Waals surface area contributed by atoms with E-state index in [1.165, 1.54) is 12.2 Å². The number of aliphatic hydroxyl groups excluding tert-OH is 1. The van der Waals surface area contributed by atoms with Crippen molar-refractivity contribution in [3.8, 4) is 0 Å². The number of carbonyl (C=O) groups excluding carboxylic acids is 1. The van der Waals surface area contributed by atoms with E-state index in [0.29, 0.717) is 11.4 Å². The molecule has 1 atom stereocenters. The standard InChI is InChI=1S/C14H21N3O4S/c1-3-6-22-8-10(7-18)16-12(19)5-4-11-9(2)15-14(21)17-13(11)20/h4-5,10,18H,3,6-8H2,1-2H3,(H,16,19)(H2,15,17,20,21)/b5-4+. The molecule has 1 rings (SSSR count). The molecule has 1 aromatic heterocycles. The van der Waals surface area contributed by atoms with Crippen molar-refractivity contribution in [3.05, 3.63) is 38.2 Å². The number of nitrogens with one attached hydrogen (secondary N) is 3. The summed E-state index contributed by atoms with van der Waals surface area (Å²) in [7, 11) is 0. The van der Waals surface area contributed by atoms with Gasteiger partial charge in [0, 0.05) is 17.5 Å². The SMILES string of the molecule is CCCSCC(CO)NC(=O)/C=C/c1c(C)[nH]c(=O)[nH]c1=O. The lowest BCUT2D eigenvalue weighted by molar-refractivity contribution is -0.117. The molecule has 1 aromatic rings. The molecule has 0 saturated heterocycles. The smallest absolute Gasteiger partial charge is 0.325 e. The van der Waals surface area contributed by atoms with Crippen LogP contribution >= 0.6 is 11.8 Å². The van der Waals surface area contributed by atoms with Crippen LogP contribution in [0.3, 0.4) is 0 Å². The quantitative estimate of drug-likeness (QED) is 0.396.